The van der Waals surface area contributed by atoms with Gasteiger partial charge in [-0.25, -0.2) is 4.39 Å². The Morgan fingerprint density at radius 1 is 1.21 bits per heavy atom. The normalized spacial score (nSPS) is 17.5. The Morgan fingerprint density at radius 2 is 1.84 bits per heavy atom. The minimum Gasteiger partial charge on any atom is -0.317 e. The Labute approximate surface area is 117 Å². The number of hydrogen-bond donors (Lipinski definition) is 1. The van der Waals surface area contributed by atoms with Crippen molar-refractivity contribution in [2.75, 3.05) is 13.1 Å². The van der Waals surface area contributed by atoms with Crippen molar-refractivity contribution in [3.05, 3.63) is 35.1 Å². The zero-order valence-electron chi connectivity index (χ0n) is 12.9. The zero-order valence-corrected chi connectivity index (χ0v) is 12.9. The molecule has 0 unspecified atom stereocenters. The molecule has 1 saturated heterocycles. The molecular weight excluding hydrogens is 237 g/mol. The highest BCUT2D eigenvalue weighted by atomic mass is 19.1. The molecule has 1 N–H and O–H groups in total. The maximum Gasteiger partial charge on any atom is 0.123 e. The second kappa shape index (κ2) is 7.64. The van der Waals surface area contributed by atoms with Crippen LogP contribution in [0.3, 0.4) is 0 Å². The predicted molar refractivity (Wildman–Crippen MR) is 81.2 cm³/mol. The van der Waals surface area contributed by atoms with Crippen LogP contribution in [-0.2, 0) is 5.41 Å². The third-order valence-electron chi connectivity index (χ3n) is 4.05. The topological polar surface area (TPSA) is 12.0 Å². The van der Waals surface area contributed by atoms with Crippen molar-refractivity contribution >= 4 is 0 Å². The molecule has 0 radical (unpaired) electrons. The summed E-state index contributed by atoms with van der Waals surface area (Å²) in [6.07, 6.45) is 4.75. The van der Waals surface area contributed by atoms with Crippen LogP contribution in [0.25, 0.3) is 0 Å². The quantitative estimate of drug-likeness (QED) is 0.843. The molecule has 1 aliphatic heterocycles. The molecule has 0 aliphatic carbocycles. The zero-order chi connectivity index (χ0) is 14.3. The molecule has 0 amide bonds. The van der Waals surface area contributed by atoms with Gasteiger partial charge in [-0.2, -0.15) is 0 Å². The van der Waals surface area contributed by atoms with Gasteiger partial charge in [-0.3, -0.25) is 0 Å². The standard InChI is InChI=1S/C15H22FN.C2H6/c1-3-6-15(7-9-17-10-8-15)14-5-4-13(16)11-12(14)2;1-2/h4-5,11,17H,3,6-10H2,1-2H3;1-2H3. The molecule has 2 rings (SSSR count). The van der Waals surface area contributed by atoms with Crippen molar-refractivity contribution in [1.29, 1.82) is 0 Å². The van der Waals surface area contributed by atoms with E-state index in [0.29, 0.717) is 0 Å². The van der Waals surface area contributed by atoms with E-state index in [9.17, 15) is 4.39 Å². The summed E-state index contributed by atoms with van der Waals surface area (Å²) < 4.78 is 13.2. The largest absolute Gasteiger partial charge is 0.317 e. The summed E-state index contributed by atoms with van der Waals surface area (Å²) in [7, 11) is 0. The van der Waals surface area contributed by atoms with Gasteiger partial charge < -0.3 is 5.32 Å². The van der Waals surface area contributed by atoms with Gasteiger partial charge in [0.1, 0.15) is 5.82 Å². The molecule has 0 saturated carbocycles. The van der Waals surface area contributed by atoms with Crippen molar-refractivity contribution in [2.45, 2.75) is 58.8 Å². The van der Waals surface area contributed by atoms with E-state index in [1.807, 2.05) is 26.8 Å². The van der Waals surface area contributed by atoms with Crippen LogP contribution in [0.15, 0.2) is 18.2 Å². The number of benzene rings is 1. The predicted octanol–water partition coefficient (Wildman–Crippen LogP) is 4.58. The van der Waals surface area contributed by atoms with E-state index < -0.39 is 0 Å². The molecule has 1 aromatic carbocycles. The van der Waals surface area contributed by atoms with E-state index in [4.69, 9.17) is 0 Å². The molecule has 0 aromatic heterocycles. The average molecular weight is 265 g/mol. The van der Waals surface area contributed by atoms with Gasteiger partial charge in [0.05, 0.1) is 0 Å². The Morgan fingerprint density at radius 3 is 2.37 bits per heavy atom. The summed E-state index contributed by atoms with van der Waals surface area (Å²) in [5.41, 5.74) is 2.75. The number of piperidine rings is 1. The van der Waals surface area contributed by atoms with E-state index >= 15 is 0 Å². The molecule has 0 spiro atoms. The van der Waals surface area contributed by atoms with E-state index in [0.717, 1.165) is 18.7 Å². The smallest absolute Gasteiger partial charge is 0.123 e. The van der Waals surface area contributed by atoms with Crippen molar-refractivity contribution in [2.24, 2.45) is 0 Å². The lowest BCUT2D eigenvalue weighted by molar-refractivity contribution is 0.284. The third-order valence-corrected chi connectivity index (χ3v) is 4.05. The summed E-state index contributed by atoms with van der Waals surface area (Å²) in [4.78, 5) is 0. The lowest BCUT2D eigenvalue weighted by Gasteiger charge is -2.39. The summed E-state index contributed by atoms with van der Waals surface area (Å²) in [6.45, 7) is 10.4. The fraction of sp³-hybridized carbons (Fsp3) is 0.647. The van der Waals surface area contributed by atoms with Crippen LogP contribution in [-0.4, -0.2) is 13.1 Å². The van der Waals surface area contributed by atoms with Crippen LogP contribution < -0.4 is 5.32 Å². The second-order valence-corrected chi connectivity index (χ2v) is 5.24. The molecule has 0 atom stereocenters. The minimum atomic E-state index is -0.119. The monoisotopic (exact) mass is 265 g/mol. The highest BCUT2D eigenvalue weighted by Gasteiger charge is 2.33. The van der Waals surface area contributed by atoms with E-state index in [2.05, 4.69) is 12.2 Å². The van der Waals surface area contributed by atoms with Gasteiger partial charge in [-0.15, -0.1) is 0 Å². The Kier molecular flexibility index (Phi) is 6.50. The molecule has 0 bridgehead atoms. The van der Waals surface area contributed by atoms with Gasteiger partial charge in [0.25, 0.3) is 0 Å². The third kappa shape index (κ3) is 3.79. The van der Waals surface area contributed by atoms with Crippen LogP contribution in [0.2, 0.25) is 0 Å². The van der Waals surface area contributed by atoms with Crippen LogP contribution in [0, 0.1) is 12.7 Å². The first kappa shape index (κ1) is 16.2. The molecule has 1 heterocycles. The van der Waals surface area contributed by atoms with Crippen LogP contribution in [0.4, 0.5) is 4.39 Å². The molecule has 1 aromatic rings. The van der Waals surface area contributed by atoms with E-state index in [1.165, 1.54) is 31.2 Å². The highest BCUT2D eigenvalue weighted by Crippen LogP contribution is 2.39. The van der Waals surface area contributed by atoms with E-state index in [-0.39, 0.29) is 11.2 Å². The van der Waals surface area contributed by atoms with E-state index in [1.54, 1.807) is 12.1 Å². The van der Waals surface area contributed by atoms with Gasteiger partial charge in [0, 0.05) is 0 Å². The molecular formula is C17H28FN. The van der Waals surface area contributed by atoms with Crippen molar-refractivity contribution in [1.82, 2.24) is 5.32 Å². The SMILES string of the molecule is CC.CCCC1(c2ccc(F)cc2C)CCNCC1. The van der Waals surface area contributed by atoms with Gasteiger partial charge in [-0.1, -0.05) is 33.3 Å². The highest BCUT2D eigenvalue weighted by molar-refractivity contribution is 5.34. The first-order valence-electron chi connectivity index (χ1n) is 7.65. The summed E-state index contributed by atoms with van der Waals surface area (Å²) >= 11 is 0. The van der Waals surface area contributed by atoms with Crippen LogP contribution in [0.5, 0.6) is 0 Å². The molecule has 2 heteroatoms. The van der Waals surface area contributed by atoms with Gasteiger partial charge in [0.15, 0.2) is 0 Å². The van der Waals surface area contributed by atoms with Crippen LogP contribution >= 0.6 is 0 Å². The first-order valence-corrected chi connectivity index (χ1v) is 7.65. The van der Waals surface area contributed by atoms with Crippen molar-refractivity contribution in [3.63, 3.8) is 0 Å². The number of hydrogen-bond acceptors (Lipinski definition) is 1. The lowest BCUT2D eigenvalue weighted by Crippen LogP contribution is -2.40. The molecule has 1 aliphatic rings. The number of rotatable bonds is 3. The summed E-state index contributed by atoms with van der Waals surface area (Å²) in [6, 6.07) is 5.29. The summed E-state index contributed by atoms with van der Waals surface area (Å²) in [5, 5.41) is 3.42. The Balaban J connectivity index is 0.000000861. The Hall–Kier alpha value is -0.890. The number of halogens is 1. The van der Waals surface area contributed by atoms with Gasteiger partial charge in [-0.05, 0) is 68.0 Å². The number of aryl methyl sites for hydroxylation is 1. The maximum atomic E-state index is 13.2. The van der Waals surface area contributed by atoms with Crippen LogP contribution in [0.1, 0.15) is 57.6 Å². The lowest BCUT2D eigenvalue weighted by atomic mass is 9.69. The molecule has 108 valence electrons. The fourth-order valence-corrected chi connectivity index (χ4v) is 3.26. The second-order valence-electron chi connectivity index (χ2n) is 5.24. The molecule has 19 heavy (non-hydrogen) atoms. The molecule has 1 fully saturated rings. The fourth-order valence-electron chi connectivity index (χ4n) is 3.26. The van der Waals surface area contributed by atoms with Crippen molar-refractivity contribution < 1.29 is 4.39 Å². The maximum absolute atomic E-state index is 13.2. The van der Waals surface area contributed by atoms with Gasteiger partial charge in [0.2, 0.25) is 0 Å². The van der Waals surface area contributed by atoms with Crippen molar-refractivity contribution in [3.8, 4) is 0 Å². The number of nitrogens with one attached hydrogen (secondary N) is 1. The first-order chi connectivity index (χ1) is 9.18. The summed E-state index contributed by atoms with van der Waals surface area (Å²) in [5.74, 6) is -0.119. The minimum absolute atomic E-state index is 0.119. The molecule has 1 nitrogen and oxygen atoms in total. The van der Waals surface area contributed by atoms with Gasteiger partial charge >= 0.3 is 0 Å². The Bertz CT molecular complexity index is 375. The average Bonchev–Trinajstić information content (AvgIpc) is 2.42.